The molecule has 1 amide bonds. The summed E-state index contributed by atoms with van der Waals surface area (Å²) >= 11 is 1.52. The molecule has 2 aromatic rings. The van der Waals surface area contributed by atoms with Crippen molar-refractivity contribution in [3.63, 3.8) is 0 Å². The minimum Gasteiger partial charge on any atom is -0.373 e. The van der Waals surface area contributed by atoms with Crippen LogP contribution in [0.5, 0.6) is 0 Å². The Bertz CT molecular complexity index is 655. The normalized spacial score (nSPS) is 18.2. The number of nitrogens with zero attached hydrogens (tertiary/aromatic N) is 4. The van der Waals surface area contributed by atoms with E-state index in [9.17, 15) is 4.79 Å². The number of aromatic nitrogens is 3. The summed E-state index contributed by atoms with van der Waals surface area (Å²) in [7, 11) is 1.96. The van der Waals surface area contributed by atoms with Crippen LogP contribution in [0.25, 0.3) is 0 Å². The maximum absolute atomic E-state index is 12.4. The van der Waals surface area contributed by atoms with Crippen molar-refractivity contribution in [3.8, 4) is 0 Å². The van der Waals surface area contributed by atoms with E-state index in [1.165, 1.54) is 11.3 Å². The molecule has 1 fully saturated rings. The molecule has 3 heterocycles. The fraction of sp³-hybridized carbons (Fsp3) is 0.533. The van der Waals surface area contributed by atoms with Crippen molar-refractivity contribution in [1.82, 2.24) is 20.1 Å². The molecule has 1 saturated heterocycles. The third kappa shape index (κ3) is 3.53. The Morgan fingerprint density at radius 3 is 3.17 bits per heavy atom. The summed E-state index contributed by atoms with van der Waals surface area (Å²) in [6.07, 6.45) is 2.71. The van der Waals surface area contributed by atoms with Crippen LogP contribution in [0, 0.1) is 0 Å². The van der Waals surface area contributed by atoms with Gasteiger partial charge < -0.3 is 19.5 Å². The Morgan fingerprint density at radius 1 is 1.57 bits per heavy atom. The highest BCUT2D eigenvalue weighted by molar-refractivity contribution is 7.13. The lowest BCUT2D eigenvalue weighted by molar-refractivity contribution is 0.0396. The van der Waals surface area contributed by atoms with Gasteiger partial charge in [0, 0.05) is 38.6 Å². The summed E-state index contributed by atoms with van der Waals surface area (Å²) in [5, 5.41) is 11.9. The number of amides is 1. The zero-order valence-corrected chi connectivity index (χ0v) is 14.2. The average molecular weight is 335 g/mol. The minimum absolute atomic E-state index is 0.0367. The number of nitrogens with one attached hydrogen (secondary N) is 1. The van der Waals surface area contributed by atoms with Gasteiger partial charge in [-0.2, -0.15) is 0 Å². The second kappa shape index (κ2) is 7.10. The fourth-order valence-electron chi connectivity index (χ4n) is 2.83. The van der Waals surface area contributed by atoms with Gasteiger partial charge in [0.05, 0.1) is 18.3 Å². The lowest BCUT2D eigenvalue weighted by Crippen LogP contribution is -2.47. The van der Waals surface area contributed by atoms with E-state index in [2.05, 4.69) is 27.3 Å². The number of rotatable bonds is 5. The van der Waals surface area contributed by atoms with Gasteiger partial charge in [-0.15, -0.1) is 10.2 Å². The van der Waals surface area contributed by atoms with E-state index >= 15 is 0 Å². The Balaban J connectivity index is 1.56. The minimum atomic E-state index is -0.0425. The van der Waals surface area contributed by atoms with E-state index < -0.39 is 0 Å². The number of carbonyl (C=O) groups excluding carboxylic acids is 1. The third-order valence-electron chi connectivity index (χ3n) is 4.03. The van der Waals surface area contributed by atoms with Crippen LogP contribution in [0.15, 0.2) is 17.8 Å². The van der Waals surface area contributed by atoms with Crippen LogP contribution in [-0.4, -0.2) is 53.0 Å². The zero-order valence-electron chi connectivity index (χ0n) is 13.4. The van der Waals surface area contributed by atoms with Crippen molar-refractivity contribution in [3.05, 3.63) is 29.0 Å². The van der Waals surface area contributed by atoms with Crippen LogP contribution in [0.3, 0.4) is 0 Å². The predicted molar refractivity (Wildman–Crippen MR) is 89.0 cm³/mol. The number of hydrogen-bond donors (Lipinski definition) is 1. The molecule has 0 spiro atoms. The molecule has 2 aromatic heterocycles. The van der Waals surface area contributed by atoms with Gasteiger partial charge in [0.2, 0.25) is 5.13 Å². The largest absolute Gasteiger partial charge is 0.373 e. The Hall–Kier alpha value is -1.93. The van der Waals surface area contributed by atoms with Crippen LogP contribution in [-0.2, 0) is 18.2 Å². The molecule has 1 N–H and O–H groups in total. The number of ether oxygens (including phenoxy) is 1. The molecular formula is C15H21N5O2S. The van der Waals surface area contributed by atoms with Crippen LogP contribution >= 0.6 is 11.3 Å². The fourth-order valence-corrected chi connectivity index (χ4v) is 3.43. The van der Waals surface area contributed by atoms with Crippen LogP contribution in [0.2, 0.25) is 0 Å². The van der Waals surface area contributed by atoms with E-state index in [1.807, 2.05) is 23.9 Å². The highest BCUT2D eigenvalue weighted by atomic mass is 32.1. The summed E-state index contributed by atoms with van der Waals surface area (Å²) in [5.74, 6) is -0.0425. The first-order chi connectivity index (χ1) is 11.2. The lowest BCUT2D eigenvalue weighted by atomic mass is 10.2. The molecule has 0 saturated carbocycles. The molecule has 1 aliphatic heterocycles. The van der Waals surface area contributed by atoms with Gasteiger partial charge in [-0.1, -0.05) is 18.3 Å². The molecule has 3 rings (SSSR count). The first-order valence-electron chi connectivity index (χ1n) is 7.74. The van der Waals surface area contributed by atoms with E-state index in [1.54, 1.807) is 5.51 Å². The Labute approximate surface area is 139 Å². The van der Waals surface area contributed by atoms with Crippen LogP contribution in [0.1, 0.15) is 23.0 Å². The molecule has 8 heteroatoms. The van der Waals surface area contributed by atoms with Gasteiger partial charge in [-0.3, -0.25) is 4.79 Å². The molecule has 0 aromatic carbocycles. The standard InChI is InChI=1S/C15H21N5O2S/c1-3-13-12(4-5-19(13)2)14(21)16-8-11-9-20(6-7-22-11)15-18-17-10-23-15/h4-5,10-11H,3,6-9H2,1-2H3,(H,16,21). The molecule has 7 nitrogen and oxygen atoms in total. The van der Waals surface area contributed by atoms with Gasteiger partial charge >= 0.3 is 0 Å². The molecule has 124 valence electrons. The number of anilines is 1. The van der Waals surface area contributed by atoms with Gasteiger partial charge in [0.25, 0.3) is 5.91 Å². The monoisotopic (exact) mass is 335 g/mol. The molecule has 0 aliphatic carbocycles. The van der Waals surface area contributed by atoms with E-state index in [0.717, 1.165) is 29.4 Å². The summed E-state index contributed by atoms with van der Waals surface area (Å²) in [4.78, 5) is 14.5. The topological polar surface area (TPSA) is 72.3 Å². The third-order valence-corrected chi connectivity index (χ3v) is 4.78. The van der Waals surface area contributed by atoms with Gasteiger partial charge in [-0.25, -0.2) is 0 Å². The highest BCUT2D eigenvalue weighted by Gasteiger charge is 2.23. The van der Waals surface area contributed by atoms with Crippen molar-refractivity contribution >= 4 is 22.4 Å². The van der Waals surface area contributed by atoms with Crippen molar-refractivity contribution in [2.75, 3.05) is 31.1 Å². The maximum atomic E-state index is 12.4. The van der Waals surface area contributed by atoms with E-state index in [0.29, 0.717) is 19.7 Å². The van der Waals surface area contributed by atoms with Crippen molar-refractivity contribution in [2.24, 2.45) is 7.05 Å². The first-order valence-corrected chi connectivity index (χ1v) is 8.62. The van der Waals surface area contributed by atoms with E-state index in [-0.39, 0.29) is 12.0 Å². The highest BCUT2D eigenvalue weighted by Crippen LogP contribution is 2.18. The summed E-state index contributed by atoms with van der Waals surface area (Å²) in [5.41, 5.74) is 3.51. The van der Waals surface area contributed by atoms with Gasteiger partial charge in [-0.05, 0) is 12.5 Å². The second-order valence-electron chi connectivity index (χ2n) is 5.51. The van der Waals surface area contributed by atoms with Crippen molar-refractivity contribution in [1.29, 1.82) is 0 Å². The maximum Gasteiger partial charge on any atom is 0.253 e. The van der Waals surface area contributed by atoms with Crippen molar-refractivity contribution in [2.45, 2.75) is 19.4 Å². The van der Waals surface area contributed by atoms with Crippen molar-refractivity contribution < 1.29 is 9.53 Å². The predicted octanol–water partition coefficient (Wildman–Crippen LogP) is 1.07. The quantitative estimate of drug-likeness (QED) is 0.885. The molecule has 1 unspecified atom stereocenters. The average Bonchev–Trinajstić information content (AvgIpc) is 3.22. The Morgan fingerprint density at radius 2 is 2.43 bits per heavy atom. The zero-order chi connectivity index (χ0) is 16.2. The SMILES string of the molecule is CCc1c(C(=O)NCC2CN(c3nncs3)CCO2)ccn1C. The summed E-state index contributed by atoms with van der Waals surface area (Å²) < 4.78 is 7.74. The first kappa shape index (κ1) is 15.9. The lowest BCUT2D eigenvalue weighted by Gasteiger charge is -2.32. The smallest absolute Gasteiger partial charge is 0.253 e. The summed E-state index contributed by atoms with van der Waals surface area (Å²) in [6.45, 7) is 4.69. The number of aryl methyl sites for hydroxylation is 1. The molecule has 0 bridgehead atoms. The van der Waals surface area contributed by atoms with Crippen LogP contribution in [0.4, 0.5) is 5.13 Å². The van der Waals surface area contributed by atoms with Gasteiger partial charge in [0.15, 0.2) is 0 Å². The number of morpholine rings is 1. The second-order valence-corrected chi connectivity index (χ2v) is 6.32. The number of carbonyl (C=O) groups is 1. The Kier molecular flexibility index (Phi) is 4.92. The molecular weight excluding hydrogens is 314 g/mol. The van der Waals surface area contributed by atoms with Crippen LogP contribution < -0.4 is 10.2 Å². The van der Waals surface area contributed by atoms with E-state index in [4.69, 9.17) is 4.74 Å². The molecule has 23 heavy (non-hydrogen) atoms. The molecule has 1 aliphatic rings. The van der Waals surface area contributed by atoms with Gasteiger partial charge in [0.1, 0.15) is 5.51 Å². The molecule has 0 radical (unpaired) electrons. The number of hydrogen-bond acceptors (Lipinski definition) is 6. The molecule has 1 atom stereocenters. The summed E-state index contributed by atoms with van der Waals surface area (Å²) in [6, 6.07) is 1.86.